The molecule has 2 aromatic rings. The van der Waals surface area contributed by atoms with Gasteiger partial charge in [0.25, 0.3) is 5.56 Å². The minimum atomic E-state index is -0.390. The first-order chi connectivity index (χ1) is 11.2. The third-order valence-corrected chi connectivity index (χ3v) is 5.24. The first kappa shape index (κ1) is 16.0. The van der Waals surface area contributed by atoms with Crippen molar-refractivity contribution >= 4 is 29.2 Å². The molecule has 0 atom stereocenters. The Kier molecular flexibility index (Phi) is 4.94. The Bertz CT molecular complexity index is 789. The number of rotatable bonds is 3. The highest BCUT2D eigenvalue weighted by Gasteiger charge is 2.15. The molecule has 0 bridgehead atoms. The molecule has 0 radical (unpaired) electrons. The van der Waals surface area contributed by atoms with E-state index >= 15 is 0 Å². The third-order valence-electron chi connectivity index (χ3n) is 3.72. The SMILES string of the molecule is CSc1nc(-c2ccc(N3CCSCC3)cc2)c(C#N)c(=O)[nH]1. The fraction of sp³-hybridized carbons (Fsp3) is 0.312. The zero-order chi connectivity index (χ0) is 16.2. The quantitative estimate of drug-likeness (QED) is 0.681. The fourth-order valence-electron chi connectivity index (χ4n) is 2.51. The minimum Gasteiger partial charge on any atom is -0.370 e. The van der Waals surface area contributed by atoms with Gasteiger partial charge in [-0.2, -0.15) is 17.0 Å². The molecule has 3 rings (SSSR count). The van der Waals surface area contributed by atoms with E-state index in [-0.39, 0.29) is 11.1 Å². The summed E-state index contributed by atoms with van der Waals surface area (Å²) in [6.45, 7) is 2.10. The van der Waals surface area contributed by atoms with Crippen molar-refractivity contribution in [2.45, 2.75) is 5.16 Å². The molecule has 7 heteroatoms. The Morgan fingerprint density at radius 1 is 1.30 bits per heavy atom. The molecule has 23 heavy (non-hydrogen) atoms. The second-order valence-electron chi connectivity index (χ2n) is 5.06. The number of nitriles is 1. The summed E-state index contributed by atoms with van der Waals surface area (Å²) in [6, 6.07) is 9.90. The summed E-state index contributed by atoms with van der Waals surface area (Å²) in [7, 11) is 0. The molecular weight excluding hydrogens is 328 g/mol. The maximum atomic E-state index is 12.0. The van der Waals surface area contributed by atoms with E-state index in [1.165, 1.54) is 17.4 Å². The molecule has 5 nitrogen and oxygen atoms in total. The van der Waals surface area contributed by atoms with Gasteiger partial charge in [0, 0.05) is 35.8 Å². The molecule has 1 N–H and O–H groups in total. The van der Waals surface area contributed by atoms with Crippen LogP contribution in [-0.2, 0) is 0 Å². The van der Waals surface area contributed by atoms with Gasteiger partial charge in [-0.05, 0) is 18.4 Å². The number of aromatic amines is 1. The van der Waals surface area contributed by atoms with Gasteiger partial charge < -0.3 is 9.88 Å². The molecule has 118 valence electrons. The molecular formula is C16H16N4OS2. The number of aromatic nitrogens is 2. The summed E-state index contributed by atoms with van der Waals surface area (Å²) in [5, 5.41) is 9.77. The third kappa shape index (κ3) is 3.38. The van der Waals surface area contributed by atoms with Gasteiger partial charge in [-0.1, -0.05) is 23.9 Å². The van der Waals surface area contributed by atoms with E-state index in [4.69, 9.17) is 0 Å². The molecule has 0 spiro atoms. The Morgan fingerprint density at radius 3 is 2.61 bits per heavy atom. The summed E-state index contributed by atoms with van der Waals surface area (Å²) in [5.74, 6) is 2.29. The van der Waals surface area contributed by atoms with Crippen LogP contribution in [-0.4, -0.2) is 40.8 Å². The Morgan fingerprint density at radius 2 is 2.00 bits per heavy atom. The van der Waals surface area contributed by atoms with Crippen molar-refractivity contribution in [3.8, 4) is 17.3 Å². The predicted octanol–water partition coefficient (Wildman–Crippen LogP) is 2.58. The Hall–Kier alpha value is -1.91. The van der Waals surface area contributed by atoms with Gasteiger partial charge in [0.15, 0.2) is 5.16 Å². The van der Waals surface area contributed by atoms with Crippen LogP contribution < -0.4 is 10.5 Å². The Labute approximate surface area is 143 Å². The average molecular weight is 344 g/mol. The van der Waals surface area contributed by atoms with Gasteiger partial charge >= 0.3 is 0 Å². The van der Waals surface area contributed by atoms with E-state index in [0.29, 0.717) is 10.9 Å². The number of hydrogen-bond donors (Lipinski definition) is 1. The molecule has 1 fully saturated rings. The zero-order valence-corrected chi connectivity index (χ0v) is 14.3. The lowest BCUT2D eigenvalue weighted by Gasteiger charge is -2.28. The monoisotopic (exact) mass is 344 g/mol. The lowest BCUT2D eigenvalue weighted by Crippen LogP contribution is -2.32. The second kappa shape index (κ2) is 7.11. The van der Waals surface area contributed by atoms with E-state index in [0.717, 1.165) is 30.2 Å². The average Bonchev–Trinajstić information content (AvgIpc) is 2.62. The van der Waals surface area contributed by atoms with Crippen molar-refractivity contribution in [1.29, 1.82) is 5.26 Å². The summed E-state index contributed by atoms with van der Waals surface area (Å²) in [5.41, 5.74) is 2.07. The summed E-state index contributed by atoms with van der Waals surface area (Å²) in [6.07, 6.45) is 1.84. The molecule has 2 heterocycles. The number of H-pyrrole nitrogens is 1. The predicted molar refractivity (Wildman–Crippen MR) is 96.3 cm³/mol. The highest BCUT2D eigenvalue weighted by Crippen LogP contribution is 2.25. The van der Waals surface area contributed by atoms with Crippen molar-refractivity contribution in [2.75, 3.05) is 35.8 Å². The van der Waals surface area contributed by atoms with E-state index in [9.17, 15) is 10.1 Å². The molecule has 0 unspecified atom stereocenters. The van der Waals surface area contributed by atoms with Gasteiger partial charge in [0.1, 0.15) is 11.6 Å². The van der Waals surface area contributed by atoms with Crippen LogP contribution in [0.3, 0.4) is 0 Å². The minimum absolute atomic E-state index is 0.0601. The summed E-state index contributed by atoms with van der Waals surface area (Å²) < 4.78 is 0. The lowest BCUT2D eigenvalue weighted by atomic mass is 10.1. The van der Waals surface area contributed by atoms with Gasteiger partial charge in [-0.25, -0.2) is 4.98 Å². The van der Waals surface area contributed by atoms with Crippen LogP contribution in [0.2, 0.25) is 0 Å². The van der Waals surface area contributed by atoms with E-state index < -0.39 is 0 Å². The first-order valence-electron chi connectivity index (χ1n) is 7.24. The molecule has 1 aliphatic rings. The van der Waals surface area contributed by atoms with Crippen LogP contribution in [0.4, 0.5) is 5.69 Å². The number of benzene rings is 1. The van der Waals surface area contributed by atoms with Gasteiger partial charge in [-0.3, -0.25) is 4.79 Å². The summed E-state index contributed by atoms with van der Waals surface area (Å²) >= 11 is 3.33. The molecule has 1 aromatic heterocycles. The number of nitrogens with zero attached hydrogens (tertiary/aromatic N) is 3. The number of nitrogens with one attached hydrogen (secondary N) is 1. The van der Waals surface area contributed by atoms with Gasteiger partial charge in [0.05, 0.1) is 5.69 Å². The van der Waals surface area contributed by atoms with Crippen LogP contribution in [0.1, 0.15) is 5.56 Å². The van der Waals surface area contributed by atoms with Crippen LogP contribution in [0.25, 0.3) is 11.3 Å². The van der Waals surface area contributed by atoms with Crippen molar-refractivity contribution in [3.63, 3.8) is 0 Å². The number of anilines is 1. The molecule has 0 aliphatic carbocycles. The largest absolute Gasteiger partial charge is 0.370 e. The van der Waals surface area contributed by atoms with Crippen LogP contribution >= 0.6 is 23.5 Å². The van der Waals surface area contributed by atoms with E-state index in [1.54, 1.807) is 0 Å². The maximum absolute atomic E-state index is 12.0. The van der Waals surface area contributed by atoms with Crippen LogP contribution in [0, 0.1) is 11.3 Å². The number of thioether (sulfide) groups is 2. The van der Waals surface area contributed by atoms with Crippen LogP contribution in [0.15, 0.2) is 34.2 Å². The van der Waals surface area contributed by atoms with Crippen molar-refractivity contribution < 1.29 is 0 Å². The highest BCUT2D eigenvalue weighted by molar-refractivity contribution is 7.99. The summed E-state index contributed by atoms with van der Waals surface area (Å²) in [4.78, 5) is 21.4. The maximum Gasteiger partial charge on any atom is 0.270 e. The van der Waals surface area contributed by atoms with Crippen molar-refractivity contribution in [3.05, 3.63) is 40.2 Å². The molecule has 1 aliphatic heterocycles. The number of hydrogen-bond acceptors (Lipinski definition) is 6. The van der Waals surface area contributed by atoms with Gasteiger partial charge in [0.2, 0.25) is 0 Å². The topological polar surface area (TPSA) is 72.8 Å². The van der Waals surface area contributed by atoms with E-state index in [1.807, 2.05) is 48.4 Å². The van der Waals surface area contributed by atoms with Crippen molar-refractivity contribution in [2.24, 2.45) is 0 Å². The van der Waals surface area contributed by atoms with Gasteiger partial charge in [-0.15, -0.1) is 0 Å². The molecule has 0 saturated carbocycles. The van der Waals surface area contributed by atoms with Crippen LogP contribution in [0.5, 0.6) is 0 Å². The fourth-order valence-corrected chi connectivity index (χ4v) is 3.79. The first-order valence-corrected chi connectivity index (χ1v) is 9.62. The van der Waals surface area contributed by atoms with E-state index in [2.05, 4.69) is 14.9 Å². The molecule has 0 amide bonds. The Balaban J connectivity index is 1.97. The van der Waals surface area contributed by atoms with Crippen molar-refractivity contribution in [1.82, 2.24) is 9.97 Å². The standard InChI is InChI=1S/C16H16N4OS2/c1-22-16-18-14(13(10-17)15(21)19-16)11-2-4-12(5-3-11)20-6-8-23-9-7-20/h2-5H,6-9H2,1H3,(H,18,19,21). The molecule has 1 aromatic carbocycles. The second-order valence-corrected chi connectivity index (χ2v) is 7.08. The highest BCUT2D eigenvalue weighted by atomic mass is 32.2. The lowest BCUT2D eigenvalue weighted by molar-refractivity contribution is 0.859. The smallest absolute Gasteiger partial charge is 0.270 e. The normalized spacial score (nSPS) is 14.5. The zero-order valence-electron chi connectivity index (χ0n) is 12.7. The molecule has 1 saturated heterocycles.